The van der Waals surface area contributed by atoms with E-state index in [2.05, 4.69) is 21.3 Å². The highest BCUT2D eigenvalue weighted by Crippen LogP contribution is 2.41. The number of amides is 2. The summed E-state index contributed by atoms with van der Waals surface area (Å²) in [6.45, 7) is 2.47. The second-order valence-corrected chi connectivity index (χ2v) is 15.6. The van der Waals surface area contributed by atoms with Crippen molar-refractivity contribution in [3.05, 3.63) is 142 Å². The number of nitrogens with one attached hydrogen (secondary N) is 4. The molecule has 4 aromatic rings. The standard InChI is InChI=1S/2C22H22F6N2O2/c2*1-13(14-8-16(21(23,24)25)10-17(9-14)22(26,27)28)32-12-20(15-6-4-3-5-7-15)11-18(29-2)19(31)30-20/h2*3-10,13,18,29H,11-12H2,1-2H3,(H,30,31)/t13-,18+,20-;13-,18-,20-/m11/s1. The Morgan fingerprint density at radius 1 is 0.531 bits per heavy atom. The van der Waals surface area contributed by atoms with Crippen molar-refractivity contribution in [1.29, 1.82) is 0 Å². The molecule has 2 fully saturated rings. The van der Waals surface area contributed by atoms with Crippen LogP contribution in [0.3, 0.4) is 0 Å². The average Bonchev–Trinajstić information content (AvgIpc) is 3.77. The highest BCUT2D eigenvalue weighted by Gasteiger charge is 2.47. The van der Waals surface area contributed by atoms with Crippen molar-refractivity contribution in [3.63, 3.8) is 0 Å². The van der Waals surface area contributed by atoms with Gasteiger partial charge in [-0.25, -0.2) is 0 Å². The van der Waals surface area contributed by atoms with Gasteiger partial charge in [0.05, 0.1) is 70.8 Å². The minimum absolute atomic E-state index is 0.0798. The molecule has 6 atom stereocenters. The van der Waals surface area contributed by atoms with Crippen molar-refractivity contribution < 1.29 is 71.7 Å². The Hall–Kier alpha value is -5.18. The zero-order valence-corrected chi connectivity index (χ0v) is 34.5. The van der Waals surface area contributed by atoms with Crippen LogP contribution in [0.25, 0.3) is 0 Å². The van der Waals surface area contributed by atoms with E-state index < -0.39 is 82.3 Å². The third-order valence-corrected chi connectivity index (χ3v) is 11.1. The van der Waals surface area contributed by atoms with Crippen LogP contribution in [0.15, 0.2) is 97.1 Å². The summed E-state index contributed by atoms with van der Waals surface area (Å²) in [4.78, 5) is 24.7. The Balaban J connectivity index is 0.000000241. The summed E-state index contributed by atoms with van der Waals surface area (Å²) in [6.07, 6.45) is -21.4. The van der Waals surface area contributed by atoms with Gasteiger partial charge in [-0.3, -0.25) is 9.59 Å². The molecule has 0 unspecified atom stereocenters. The van der Waals surface area contributed by atoms with E-state index in [1.807, 2.05) is 0 Å². The summed E-state index contributed by atoms with van der Waals surface area (Å²) >= 11 is 0. The summed E-state index contributed by atoms with van der Waals surface area (Å²) in [5.41, 5.74) is -6.64. The lowest BCUT2D eigenvalue weighted by Crippen LogP contribution is -2.43. The predicted molar refractivity (Wildman–Crippen MR) is 209 cm³/mol. The number of carbonyl (C=O) groups excluding carboxylic acids is 2. The zero-order chi connectivity index (χ0) is 47.5. The average molecular weight is 921 g/mol. The fraction of sp³-hybridized carbons (Fsp3) is 0.409. The van der Waals surface area contributed by atoms with E-state index in [0.717, 1.165) is 11.1 Å². The van der Waals surface area contributed by atoms with Crippen LogP contribution in [-0.2, 0) is 54.8 Å². The fourth-order valence-electron chi connectivity index (χ4n) is 7.50. The van der Waals surface area contributed by atoms with Crippen molar-refractivity contribution >= 4 is 11.8 Å². The molecule has 0 spiro atoms. The predicted octanol–water partition coefficient (Wildman–Crippen LogP) is 9.61. The van der Waals surface area contributed by atoms with E-state index in [1.165, 1.54) is 13.8 Å². The Morgan fingerprint density at radius 3 is 1.05 bits per heavy atom. The number of rotatable bonds is 12. The van der Waals surface area contributed by atoms with E-state index in [1.54, 1.807) is 74.8 Å². The number of carbonyl (C=O) groups is 2. The number of benzene rings is 4. The Bertz CT molecular complexity index is 2010. The summed E-state index contributed by atoms with van der Waals surface area (Å²) in [6, 6.07) is 19.5. The molecule has 0 aromatic heterocycles. The minimum atomic E-state index is -4.94. The molecule has 4 N–H and O–H groups in total. The molecule has 0 aliphatic carbocycles. The van der Waals surface area contributed by atoms with Crippen molar-refractivity contribution in [2.24, 2.45) is 0 Å². The van der Waals surface area contributed by atoms with Gasteiger partial charge in [0.1, 0.15) is 0 Å². The van der Waals surface area contributed by atoms with E-state index in [4.69, 9.17) is 9.47 Å². The number of halogens is 12. The number of ether oxygens (including phenoxy) is 2. The van der Waals surface area contributed by atoms with Gasteiger partial charge in [0.25, 0.3) is 0 Å². The molecule has 4 aromatic carbocycles. The molecule has 0 bridgehead atoms. The Kier molecular flexibility index (Phi) is 14.9. The molecule has 8 nitrogen and oxygen atoms in total. The Labute approximate surface area is 360 Å². The van der Waals surface area contributed by atoms with E-state index in [-0.39, 0.29) is 48.3 Å². The maximum atomic E-state index is 13.2. The quantitative estimate of drug-likeness (QED) is 0.106. The van der Waals surface area contributed by atoms with Crippen LogP contribution in [-0.4, -0.2) is 51.2 Å². The summed E-state index contributed by atoms with van der Waals surface area (Å²) in [5.74, 6) is -0.544. The van der Waals surface area contributed by atoms with Crippen molar-refractivity contribution in [2.75, 3.05) is 27.3 Å². The SMILES string of the molecule is CN[C@@H]1C[C@@](CO[C@H](C)c2cc(C(F)(F)F)cc(C(F)(F)F)c2)(c2ccccc2)NC1=O.CN[C@H]1C[C@@](CO[C@H](C)c2cc(C(F)(F)F)cc(C(F)(F)F)c2)(c2ccccc2)NC1=O. The van der Waals surface area contributed by atoms with Gasteiger partial charge in [-0.2, -0.15) is 52.7 Å². The van der Waals surface area contributed by atoms with Crippen molar-refractivity contribution in [1.82, 2.24) is 21.3 Å². The molecule has 0 saturated carbocycles. The second kappa shape index (κ2) is 19.1. The van der Waals surface area contributed by atoms with Gasteiger partial charge in [-0.05, 0) is 86.6 Å². The highest BCUT2D eigenvalue weighted by molar-refractivity contribution is 5.86. The molecule has 2 aliphatic rings. The molecule has 6 rings (SSSR count). The normalized spacial score (nSPS) is 22.6. The van der Waals surface area contributed by atoms with Crippen LogP contribution in [0.2, 0.25) is 0 Å². The third-order valence-electron chi connectivity index (χ3n) is 11.1. The maximum Gasteiger partial charge on any atom is 0.416 e. The van der Waals surface area contributed by atoms with Gasteiger partial charge in [0.2, 0.25) is 11.8 Å². The largest absolute Gasteiger partial charge is 0.416 e. The fourth-order valence-corrected chi connectivity index (χ4v) is 7.50. The van der Waals surface area contributed by atoms with Crippen LogP contribution in [0, 0.1) is 0 Å². The lowest BCUT2D eigenvalue weighted by molar-refractivity contribution is -0.145. The molecule has 0 radical (unpaired) electrons. The van der Waals surface area contributed by atoms with Crippen LogP contribution in [0.4, 0.5) is 52.7 Å². The molecule has 2 saturated heterocycles. The number of alkyl halides is 12. The van der Waals surface area contributed by atoms with Crippen molar-refractivity contribution in [3.8, 4) is 0 Å². The molecule has 20 heteroatoms. The first kappa shape index (κ1) is 49.8. The first-order valence-electron chi connectivity index (χ1n) is 19.6. The number of hydrogen-bond acceptors (Lipinski definition) is 6. The third kappa shape index (κ3) is 11.7. The molecule has 2 heterocycles. The number of hydrogen-bond donors (Lipinski definition) is 4. The van der Waals surface area contributed by atoms with E-state index in [0.29, 0.717) is 37.1 Å². The van der Waals surface area contributed by atoms with Gasteiger partial charge in [-0.1, -0.05) is 60.7 Å². The zero-order valence-electron chi connectivity index (χ0n) is 34.5. The molecule has 64 heavy (non-hydrogen) atoms. The minimum Gasteiger partial charge on any atom is -0.371 e. The van der Waals surface area contributed by atoms with Gasteiger partial charge in [-0.15, -0.1) is 0 Å². The van der Waals surface area contributed by atoms with Gasteiger partial charge >= 0.3 is 24.7 Å². The van der Waals surface area contributed by atoms with Gasteiger partial charge in [0, 0.05) is 12.8 Å². The van der Waals surface area contributed by atoms with Crippen molar-refractivity contribution in [2.45, 2.75) is 86.8 Å². The van der Waals surface area contributed by atoms with Gasteiger partial charge in [0.15, 0.2) is 0 Å². The number of likely N-dealkylation sites (N-methyl/N-ethyl adjacent to an activating group) is 2. The Morgan fingerprint density at radius 2 is 0.812 bits per heavy atom. The molecular weight excluding hydrogens is 876 g/mol. The van der Waals surface area contributed by atoms with E-state index in [9.17, 15) is 62.3 Å². The molecular formula is C44H44F12N4O4. The van der Waals surface area contributed by atoms with Crippen LogP contribution >= 0.6 is 0 Å². The van der Waals surface area contributed by atoms with Crippen LogP contribution in [0.5, 0.6) is 0 Å². The highest BCUT2D eigenvalue weighted by atomic mass is 19.4. The second-order valence-electron chi connectivity index (χ2n) is 15.6. The topological polar surface area (TPSA) is 101 Å². The lowest BCUT2D eigenvalue weighted by Gasteiger charge is -2.31. The summed E-state index contributed by atoms with van der Waals surface area (Å²) in [5, 5.41) is 11.5. The summed E-state index contributed by atoms with van der Waals surface area (Å²) < 4.78 is 170. The first-order chi connectivity index (χ1) is 29.7. The van der Waals surface area contributed by atoms with Crippen LogP contribution < -0.4 is 21.3 Å². The molecule has 2 aliphatic heterocycles. The van der Waals surface area contributed by atoms with Crippen LogP contribution in [0.1, 0.15) is 83.4 Å². The monoisotopic (exact) mass is 920 g/mol. The molecule has 2 amide bonds. The smallest absolute Gasteiger partial charge is 0.371 e. The molecule has 348 valence electrons. The first-order valence-corrected chi connectivity index (χ1v) is 19.6. The van der Waals surface area contributed by atoms with Gasteiger partial charge < -0.3 is 30.7 Å². The van der Waals surface area contributed by atoms with E-state index >= 15 is 0 Å². The lowest BCUT2D eigenvalue weighted by atomic mass is 9.88. The summed E-state index contributed by atoms with van der Waals surface area (Å²) in [7, 11) is 3.24. The maximum absolute atomic E-state index is 13.2.